The molecule has 2 heteroatoms. The fraction of sp³-hybridized carbons (Fsp3) is 0.417. The number of carbonyl (C=O) groups is 1. The van der Waals surface area contributed by atoms with Crippen LogP contribution in [-0.2, 0) is 16.6 Å². The zero-order valence-corrected chi connectivity index (χ0v) is 8.54. The maximum absolute atomic E-state index is 10.4. The maximum Gasteiger partial charge on any atom is 0.124 e. The molecular weight excluding hydrogens is 176 g/mol. The Morgan fingerprint density at radius 3 is 3.00 bits per heavy atom. The molecule has 0 spiro atoms. The van der Waals surface area contributed by atoms with Gasteiger partial charge in [-0.15, -0.1) is 0 Å². The molecule has 0 unspecified atom stereocenters. The van der Waals surface area contributed by atoms with Gasteiger partial charge in [0.15, 0.2) is 0 Å². The van der Waals surface area contributed by atoms with Crippen molar-refractivity contribution in [2.45, 2.75) is 25.7 Å². The third-order valence-corrected chi connectivity index (χ3v) is 2.68. The van der Waals surface area contributed by atoms with Gasteiger partial charge >= 0.3 is 0 Å². The largest absolute Gasteiger partial charge is 0.492 e. The van der Waals surface area contributed by atoms with E-state index in [1.165, 1.54) is 5.56 Å². The lowest BCUT2D eigenvalue weighted by molar-refractivity contribution is -0.107. The summed E-state index contributed by atoms with van der Waals surface area (Å²) >= 11 is 0. The molecule has 0 aromatic heterocycles. The van der Waals surface area contributed by atoms with Crippen LogP contribution in [0.3, 0.4) is 0 Å². The van der Waals surface area contributed by atoms with E-state index < -0.39 is 0 Å². The molecule has 14 heavy (non-hydrogen) atoms. The monoisotopic (exact) mass is 190 g/mol. The first-order chi connectivity index (χ1) is 6.63. The van der Waals surface area contributed by atoms with Gasteiger partial charge in [0.2, 0.25) is 0 Å². The SMILES string of the molecule is CC1(C)COc2ccc(CC=O)cc21. The van der Waals surface area contributed by atoms with Gasteiger partial charge in [0.05, 0.1) is 6.61 Å². The highest BCUT2D eigenvalue weighted by Gasteiger charge is 2.31. The molecule has 0 saturated carbocycles. The van der Waals surface area contributed by atoms with Crippen molar-refractivity contribution in [2.75, 3.05) is 6.61 Å². The van der Waals surface area contributed by atoms with Gasteiger partial charge < -0.3 is 9.53 Å². The number of benzene rings is 1. The van der Waals surface area contributed by atoms with Crippen molar-refractivity contribution in [3.63, 3.8) is 0 Å². The number of aldehydes is 1. The predicted octanol–water partition coefficient (Wildman–Crippen LogP) is 2.10. The molecule has 0 N–H and O–H groups in total. The first kappa shape index (κ1) is 9.25. The van der Waals surface area contributed by atoms with E-state index in [4.69, 9.17) is 4.74 Å². The number of hydrogen-bond donors (Lipinski definition) is 0. The summed E-state index contributed by atoms with van der Waals surface area (Å²) in [6, 6.07) is 5.99. The van der Waals surface area contributed by atoms with Crippen LogP contribution in [0.4, 0.5) is 0 Å². The van der Waals surface area contributed by atoms with E-state index in [0.29, 0.717) is 6.42 Å². The molecular formula is C12H14O2. The van der Waals surface area contributed by atoms with Crippen molar-refractivity contribution in [1.82, 2.24) is 0 Å². The molecule has 0 bridgehead atoms. The first-order valence-electron chi connectivity index (χ1n) is 4.83. The van der Waals surface area contributed by atoms with E-state index in [2.05, 4.69) is 19.9 Å². The van der Waals surface area contributed by atoms with Gasteiger partial charge in [0.1, 0.15) is 12.0 Å². The summed E-state index contributed by atoms with van der Waals surface area (Å²) in [6.07, 6.45) is 1.42. The van der Waals surface area contributed by atoms with E-state index in [1.54, 1.807) is 0 Å². The van der Waals surface area contributed by atoms with Crippen molar-refractivity contribution >= 4 is 6.29 Å². The van der Waals surface area contributed by atoms with Crippen molar-refractivity contribution < 1.29 is 9.53 Å². The summed E-state index contributed by atoms with van der Waals surface area (Å²) in [5.41, 5.74) is 2.36. The number of hydrogen-bond acceptors (Lipinski definition) is 2. The Morgan fingerprint density at radius 1 is 1.50 bits per heavy atom. The minimum atomic E-state index is 0.0776. The van der Waals surface area contributed by atoms with Crippen LogP contribution in [0.2, 0.25) is 0 Å². The van der Waals surface area contributed by atoms with E-state index in [0.717, 1.165) is 24.2 Å². The second kappa shape index (κ2) is 3.12. The Hall–Kier alpha value is -1.31. The number of ether oxygens (including phenoxy) is 1. The minimum Gasteiger partial charge on any atom is -0.492 e. The Balaban J connectivity index is 2.42. The second-order valence-electron chi connectivity index (χ2n) is 4.37. The van der Waals surface area contributed by atoms with Gasteiger partial charge in [0, 0.05) is 17.4 Å². The lowest BCUT2D eigenvalue weighted by Crippen LogP contribution is -2.18. The van der Waals surface area contributed by atoms with Crippen LogP contribution in [0.5, 0.6) is 5.75 Å². The van der Waals surface area contributed by atoms with Crippen LogP contribution >= 0.6 is 0 Å². The Bertz CT molecular complexity index is 367. The molecule has 1 heterocycles. The highest BCUT2D eigenvalue weighted by Crippen LogP contribution is 2.38. The lowest BCUT2D eigenvalue weighted by Gasteiger charge is -2.15. The van der Waals surface area contributed by atoms with Crippen molar-refractivity contribution in [1.29, 1.82) is 0 Å². The quantitative estimate of drug-likeness (QED) is 0.667. The van der Waals surface area contributed by atoms with Crippen molar-refractivity contribution in [2.24, 2.45) is 0 Å². The highest BCUT2D eigenvalue weighted by molar-refractivity contribution is 5.57. The Morgan fingerprint density at radius 2 is 2.29 bits per heavy atom. The molecule has 1 aliphatic heterocycles. The van der Waals surface area contributed by atoms with Gasteiger partial charge in [-0.05, 0) is 11.6 Å². The molecule has 0 atom stereocenters. The maximum atomic E-state index is 10.4. The summed E-state index contributed by atoms with van der Waals surface area (Å²) in [5, 5.41) is 0. The molecule has 2 nitrogen and oxygen atoms in total. The molecule has 0 saturated heterocycles. The fourth-order valence-electron chi connectivity index (χ4n) is 1.79. The highest BCUT2D eigenvalue weighted by atomic mass is 16.5. The summed E-state index contributed by atoms with van der Waals surface area (Å²) in [7, 11) is 0. The number of rotatable bonds is 2. The van der Waals surface area contributed by atoms with Crippen LogP contribution in [0.25, 0.3) is 0 Å². The summed E-state index contributed by atoms with van der Waals surface area (Å²) in [4.78, 5) is 10.4. The molecule has 1 aromatic carbocycles. The molecule has 2 rings (SSSR count). The van der Waals surface area contributed by atoms with Gasteiger partial charge in [-0.1, -0.05) is 26.0 Å². The second-order valence-corrected chi connectivity index (χ2v) is 4.37. The number of fused-ring (bicyclic) bond motifs is 1. The lowest BCUT2D eigenvalue weighted by atomic mass is 9.86. The molecule has 74 valence electrons. The van der Waals surface area contributed by atoms with Crippen LogP contribution in [0, 0.1) is 0 Å². The normalized spacial score (nSPS) is 17.3. The zero-order valence-electron chi connectivity index (χ0n) is 8.54. The molecule has 0 fully saturated rings. The smallest absolute Gasteiger partial charge is 0.124 e. The molecule has 0 amide bonds. The van der Waals surface area contributed by atoms with E-state index >= 15 is 0 Å². The number of carbonyl (C=O) groups excluding carboxylic acids is 1. The van der Waals surface area contributed by atoms with E-state index in [9.17, 15) is 4.79 Å². The summed E-state index contributed by atoms with van der Waals surface area (Å²) in [6.45, 7) is 5.04. The van der Waals surface area contributed by atoms with Crippen LogP contribution < -0.4 is 4.74 Å². The van der Waals surface area contributed by atoms with Gasteiger partial charge in [-0.2, -0.15) is 0 Å². The minimum absolute atomic E-state index is 0.0776. The average molecular weight is 190 g/mol. The standard InChI is InChI=1S/C12H14O2/c1-12(2)8-14-11-4-3-9(5-6-13)7-10(11)12/h3-4,6-7H,5,8H2,1-2H3. The third-order valence-electron chi connectivity index (χ3n) is 2.68. The molecule has 1 aromatic rings. The Kier molecular flexibility index (Phi) is 2.06. The summed E-state index contributed by atoms with van der Waals surface area (Å²) < 4.78 is 5.56. The van der Waals surface area contributed by atoms with Crippen LogP contribution in [-0.4, -0.2) is 12.9 Å². The topological polar surface area (TPSA) is 26.3 Å². The average Bonchev–Trinajstić information content (AvgIpc) is 2.44. The summed E-state index contributed by atoms with van der Waals surface area (Å²) in [5.74, 6) is 0.963. The van der Waals surface area contributed by atoms with E-state index in [1.807, 2.05) is 12.1 Å². The molecule has 0 radical (unpaired) electrons. The van der Waals surface area contributed by atoms with Crippen molar-refractivity contribution in [3.8, 4) is 5.75 Å². The molecule has 0 aliphatic carbocycles. The van der Waals surface area contributed by atoms with Crippen LogP contribution in [0.1, 0.15) is 25.0 Å². The Labute approximate surface area is 83.9 Å². The fourth-order valence-corrected chi connectivity index (χ4v) is 1.79. The first-order valence-corrected chi connectivity index (χ1v) is 4.83. The zero-order chi connectivity index (χ0) is 10.2. The predicted molar refractivity (Wildman–Crippen MR) is 54.7 cm³/mol. The van der Waals surface area contributed by atoms with Gasteiger partial charge in [0.25, 0.3) is 0 Å². The third kappa shape index (κ3) is 1.41. The van der Waals surface area contributed by atoms with Crippen LogP contribution in [0.15, 0.2) is 18.2 Å². The molecule has 1 aliphatic rings. The van der Waals surface area contributed by atoms with Gasteiger partial charge in [-0.25, -0.2) is 0 Å². The van der Waals surface area contributed by atoms with E-state index in [-0.39, 0.29) is 5.41 Å². The van der Waals surface area contributed by atoms with Gasteiger partial charge in [-0.3, -0.25) is 0 Å². The van der Waals surface area contributed by atoms with Crippen molar-refractivity contribution in [3.05, 3.63) is 29.3 Å².